The van der Waals surface area contributed by atoms with Crippen LogP contribution in [0.25, 0.3) is 0 Å². The average Bonchev–Trinajstić information content (AvgIpc) is 3.42. The number of nitrogens with one attached hydrogen (secondary N) is 2. The van der Waals surface area contributed by atoms with Gasteiger partial charge in [0.25, 0.3) is 17.7 Å². The van der Waals surface area contributed by atoms with Gasteiger partial charge in [-0.25, -0.2) is 9.97 Å². The fourth-order valence-electron chi connectivity index (χ4n) is 8.60. The lowest BCUT2D eigenvalue weighted by Gasteiger charge is -2.63. The number of benzene rings is 2. The van der Waals surface area contributed by atoms with E-state index in [1.807, 2.05) is 27.7 Å². The van der Waals surface area contributed by atoms with E-state index in [1.54, 1.807) is 36.7 Å². The summed E-state index contributed by atoms with van der Waals surface area (Å²) in [6.45, 7) is 12.4. The molecule has 2 N–H and O–H groups in total. The SMILES string of the molecule is CC1(C)[C@H](NC(=O)c2cnc(N3CCN(CCCOc4ccc5c(c4)C(=O)N(C4CCC(=O)NC4=O)C5=O)CC3)nc2)C(C)(C)[C@H]1Oc1ccc(C#N)c(Cl)c1. The van der Waals surface area contributed by atoms with Crippen LogP contribution in [0.4, 0.5) is 5.95 Å². The minimum absolute atomic E-state index is 0.0620. The molecule has 2 aromatic carbocycles. The van der Waals surface area contributed by atoms with Crippen molar-refractivity contribution in [3.8, 4) is 17.6 Å². The molecule has 1 saturated carbocycles. The first-order valence-electron chi connectivity index (χ1n) is 18.6. The van der Waals surface area contributed by atoms with E-state index in [9.17, 15) is 29.2 Å². The van der Waals surface area contributed by atoms with Crippen molar-refractivity contribution in [1.29, 1.82) is 5.26 Å². The number of hydrogen-bond acceptors (Lipinski definition) is 12. The summed E-state index contributed by atoms with van der Waals surface area (Å²) in [6.07, 6.45) is 3.79. The van der Waals surface area contributed by atoms with Crippen molar-refractivity contribution >= 4 is 47.1 Å². The van der Waals surface area contributed by atoms with Gasteiger partial charge in [-0.3, -0.25) is 39.1 Å². The Hall–Kier alpha value is -5.59. The average molecular weight is 783 g/mol. The molecule has 5 amide bonds. The first kappa shape index (κ1) is 38.7. The number of fused-ring (bicyclic) bond motifs is 1. The van der Waals surface area contributed by atoms with Crippen molar-refractivity contribution in [2.24, 2.45) is 10.8 Å². The molecule has 56 heavy (non-hydrogen) atoms. The second-order valence-electron chi connectivity index (χ2n) is 15.8. The maximum absolute atomic E-state index is 13.4. The first-order valence-corrected chi connectivity index (χ1v) is 19.0. The Labute approximate surface area is 329 Å². The molecular formula is C40H43ClN8O7. The van der Waals surface area contributed by atoms with Crippen molar-refractivity contribution in [1.82, 2.24) is 30.4 Å². The molecule has 0 radical (unpaired) electrons. The van der Waals surface area contributed by atoms with Crippen molar-refractivity contribution in [3.63, 3.8) is 0 Å². The number of piperidine rings is 1. The molecule has 4 aliphatic rings. The predicted octanol–water partition coefficient (Wildman–Crippen LogP) is 3.61. The number of carbonyl (C=O) groups excluding carboxylic acids is 5. The van der Waals surface area contributed by atoms with Crippen LogP contribution < -0.4 is 25.0 Å². The number of imide groups is 2. The van der Waals surface area contributed by atoms with Crippen LogP contribution >= 0.6 is 11.6 Å². The standard InChI is InChI=1S/C40H43ClN8O7/c1-39(2)36(40(3,4)37(39)56-26-7-6-23(20-42)29(41)19-26)46-32(51)24-21-43-38(44-22-24)48-15-13-47(14-16-48)12-5-17-55-25-8-9-27-28(18-25)35(54)49(34(27)53)30-10-11-31(50)45-33(30)52/h6-9,18-19,21-22,30,36-37H,5,10-17H2,1-4H3,(H,46,51)(H,45,50,52)/t30?,36-,37-. The Morgan fingerprint density at radius 3 is 2.30 bits per heavy atom. The van der Waals surface area contributed by atoms with E-state index in [4.69, 9.17) is 21.1 Å². The highest BCUT2D eigenvalue weighted by atomic mass is 35.5. The largest absolute Gasteiger partial charge is 0.494 e. The number of carbonyl (C=O) groups is 5. The van der Waals surface area contributed by atoms with Gasteiger partial charge >= 0.3 is 0 Å². The molecule has 292 valence electrons. The second-order valence-corrected chi connectivity index (χ2v) is 16.2. The van der Waals surface area contributed by atoms with Crippen molar-refractivity contribution in [2.45, 2.75) is 65.1 Å². The molecule has 15 nitrogen and oxygen atoms in total. The first-order chi connectivity index (χ1) is 26.7. The number of nitrogens with zero attached hydrogens (tertiary/aromatic N) is 6. The summed E-state index contributed by atoms with van der Waals surface area (Å²) in [7, 11) is 0. The van der Waals surface area contributed by atoms with E-state index in [0.717, 1.165) is 31.0 Å². The lowest BCUT2D eigenvalue weighted by atomic mass is 9.49. The van der Waals surface area contributed by atoms with Gasteiger partial charge in [0.15, 0.2) is 0 Å². The van der Waals surface area contributed by atoms with Gasteiger partial charge in [0.2, 0.25) is 17.8 Å². The number of aromatic nitrogens is 2. The Morgan fingerprint density at radius 1 is 0.964 bits per heavy atom. The van der Waals surface area contributed by atoms with Gasteiger partial charge in [-0.2, -0.15) is 5.26 Å². The molecule has 2 saturated heterocycles. The van der Waals surface area contributed by atoms with Gasteiger partial charge < -0.3 is 19.7 Å². The van der Waals surface area contributed by atoms with Gasteiger partial charge in [0.05, 0.1) is 33.9 Å². The van der Waals surface area contributed by atoms with Crippen LogP contribution in [0.3, 0.4) is 0 Å². The predicted molar refractivity (Wildman–Crippen MR) is 203 cm³/mol. The Bertz CT molecular complexity index is 2110. The second kappa shape index (κ2) is 15.2. The smallest absolute Gasteiger partial charge is 0.262 e. The highest BCUT2D eigenvalue weighted by molar-refractivity contribution is 6.31. The lowest BCUT2D eigenvalue weighted by Crippen LogP contribution is -2.74. The zero-order chi connectivity index (χ0) is 39.9. The van der Waals surface area contributed by atoms with Crippen molar-refractivity contribution < 1.29 is 33.4 Å². The highest BCUT2D eigenvalue weighted by Crippen LogP contribution is 2.55. The number of amides is 5. The number of halogens is 1. The molecule has 0 spiro atoms. The van der Waals surface area contributed by atoms with E-state index < -0.39 is 40.5 Å². The minimum Gasteiger partial charge on any atom is -0.494 e. The summed E-state index contributed by atoms with van der Waals surface area (Å²) in [5.74, 6) is -0.863. The zero-order valence-electron chi connectivity index (χ0n) is 31.6. The quantitative estimate of drug-likeness (QED) is 0.213. The minimum atomic E-state index is -1.01. The summed E-state index contributed by atoms with van der Waals surface area (Å²) in [5.41, 5.74) is 0.335. The van der Waals surface area contributed by atoms with Crippen LogP contribution in [0, 0.1) is 22.2 Å². The monoisotopic (exact) mass is 782 g/mol. The number of hydrogen-bond donors (Lipinski definition) is 2. The molecule has 1 aromatic heterocycles. The van der Waals surface area contributed by atoms with E-state index >= 15 is 0 Å². The summed E-state index contributed by atoms with van der Waals surface area (Å²) in [4.78, 5) is 77.7. The van der Waals surface area contributed by atoms with E-state index in [2.05, 4.69) is 36.5 Å². The molecule has 1 aliphatic carbocycles. The number of ether oxygens (including phenoxy) is 2. The third kappa shape index (κ3) is 7.26. The third-order valence-electron chi connectivity index (χ3n) is 11.3. The molecule has 16 heteroatoms. The van der Waals surface area contributed by atoms with E-state index in [0.29, 0.717) is 53.3 Å². The van der Waals surface area contributed by atoms with Crippen LogP contribution in [-0.4, -0.2) is 107 Å². The Kier molecular flexibility index (Phi) is 10.5. The maximum Gasteiger partial charge on any atom is 0.262 e. The summed E-state index contributed by atoms with van der Waals surface area (Å²) in [5, 5.41) is 14.9. The van der Waals surface area contributed by atoms with E-state index in [-0.39, 0.29) is 42.0 Å². The summed E-state index contributed by atoms with van der Waals surface area (Å²) >= 11 is 6.22. The van der Waals surface area contributed by atoms with Crippen LogP contribution in [0.2, 0.25) is 5.02 Å². The number of piperazine rings is 1. The van der Waals surface area contributed by atoms with Crippen molar-refractivity contribution in [3.05, 3.63) is 76.1 Å². The van der Waals surface area contributed by atoms with Gasteiger partial charge in [-0.1, -0.05) is 39.3 Å². The van der Waals surface area contributed by atoms with Crippen LogP contribution in [-0.2, 0) is 9.59 Å². The summed E-state index contributed by atoms with van der Waals surface area (Å²) < 4.78 is 12.3. The molecule has 3 aromatic rings. The highest BCUT2D eigenvalue weighted by Gasteiger charge is 2.64. The Morgan fingerprint density at radius 2 is 1.64 bits per heavy atom. The van der Waals surface area contributed by atoms with Gasteiger partial charge in [-0.05, 0) is 43.2 Å². The third-order valence-corrected chi connectivity index (χ3v) is 11.6. The molecule has 3 fully saturated rings. The van der Waals surface area contributed by atoms with Crippen LogP contribution in [0.1, 0.15) is 83.6 Å². The number of rotatable bonds is 11. The molecular weight excluding hydrogens is 740 g/mol. The topological polar surface area (TPSA) is 187 Å². The molecule has 4 heterocycles. The fraction of sp³-hybridized carbons (Fsp3) is 0.450. The molecule has 1 atom stereocenters. The molecule has 7 rings (SSSR count). The molecule has 1 unspecified atom stereocenters. The molecule has 0 bridgehead atoms. The fourth-order valence-corrected chi connectivity index (χ4v) is 8.81. The maximum atomic E-state index is 13.4. The zero-order valence-corrected chi connectivity index (χ0v) is 32.4. The number of anilines is 1. The van der Waals surface area contributed by atoms with Gasteiger partial charge in [0, 0.05) is 74.5 Å². The molecule has 3 aliphatic heterocycles. The van der Waals surface area contributed by atoms with Crippen LogP contribution in [0.5, 0.6) is 11.5 Å². The number of nitriles is 1. The van der Waals surface area contributed by atoms with Crippen LogP contribution in [0.15, 0.2) is 48.8 Å². The van der Waals surface area contributed by atoms with Crippen molar-refractivity contribution in [2.75, 3.05) is 44.2 Å². The normalized spacial score (nSPS) is 22.8. The Balaban J connectivity index is 0.847. The summed E-state index contributed by atoms with van der Waals surface area (Å²) in [6, 6.07) is 10.6. The van der Waals surface area contributed by atoms with Gasteiger partial charge in [-0.15, -0.1) is 0 Å². The van der Waals surface area contributed by atoms with E-state index in [1.165, 1.54) is 12.1 Å². The van der Waals surface area contributed by atoms with Gasteiger partial charge in [0.1, 0.15) is 29.7 Å². The lowest BCUT2D eigenvalue weighted by molar-refractivity contribution is -0.164.